The number of aromatic nitrogens is 2. The fourth-order valence-electron chi connectivity index (χ4n) is 4.38. The molecule has 0 atom stereocenters. The topological polar surface area (TPSA) is 68.6 Å². The van der Waals surface area contributed by atoms with E-state index in [9.17, 15) is 4.79 Å². The molecule has 0 unspecified atom stereocenters. The molecule has 7 heteroatoms. The van der Waals surface area contributed by atoms with E-state index in [1.807, 2.05) is 59.3 Å². The van der Waals surface area contributed by atoms with Gasteiger partial charge in [0, 0.05) is 50.2 Å². The Bertz CT molecular complexity index is 1100. The van der Waals surface area contributed by atoms with Crippen molar-refractivity contribution in [2.75, 3.05) is 33.9 Å². The van der Waals surface area contributed by atoms with Crippen molar-refractivity contribution in [2.45, 2.75) is 31.7 Å². The fraction of sp³-hybridized carbons (Fsp3) is 0.357. The molecule has 2 heterocycles. The number of likely N-dealkylation sites (tertiary alicyclic amines) is 1. The van der Waals surface area contributed by atoms with Gasteiger partial charge in [-0.05, 0) is 54.7 Å². The van der Waals surface area contributed by atoms with Crippen LogP contribution in [-0.2, 0) is 11.2 Å². The Morgan fingerprint density at radius 3 is 2.54 bits per heavy atom. The minimum atomic E-state index is 0.0834. The zero-order valence-electron chi connectivity index (χ0n) is 20.5. The molecule has 0 spiro atoms. The number of rotatable bonds is 10. The summed E-state index contributed by atoms with van der Waals surface area (Å²) in [4.78, 5) is 18.9. The lowest BCUT2D eigenvalue weighted by Gasteiger charge is -2.32. The van der Waals surface area contributed by atoms with Crippen molar-refractivity contribution in [3.05, 3.63) is 78.4 Å². The smallest absolute Gasteiger partial charge is 0.224 e. The Hall–Kier alpha value is -3.58. The van der Waals surface area contributed by atoms with Crippen LogP contribution in [0.1, 0.15) is 30.4 Å². The highest BCUT2D eigenvalue weighted by atomic mass is 16.5. The van der Waals surface area contributed by atoms with Gasteiger partial charge in [-0.15, -0.1) is 0 Å². The van der Waals surface area contributed by atoms with E-state index in [1.54, 1.807) is 26.7 Å². The van der Waals surface area contributed by atoms with E-state index in [1.165, 1.54) is 5.56 Å². The van der Waals surface area contributed by atoms with E-state index in [0.717, 1.165) is 61.6 Å². The molecule has 0 radical (unpaired) electrons. The largest absolute Gasteiger partial charge is 0.493 e. The lowest BCUT2D eigenvalue weighted by atomic mass is 10.0. The molecular formula is C28H34N4O3. The average molecular weight is 475 g/mol. The molecule has 7 nitrogen and oxygen atoms in total. The van der Waals surface area contributed by atoms with Crippen LogP contribution in [0.3, 0.4) is 0 Å². The summed E-state index contributed by atoms with van der Waals surface area (Å²) in [5.41, 5.74) is 3.37. The lowest BCUT2D eigenvalue weighted by molar-refractivity contribution is -0.121. The van der Waals surface area contributed by atoms with Crippen LogP contribution >= 0.6 is 0 Å². The number of amides is 1. The predicted octanol–water partition coefficient (Wildman–Crippen LogP) is 4.12. The minimum Gasteiger partial charge on any atom is -0.493 e. The molecular weight excluding hydrogens is 440 g/mol. The monoisotopic (exact) mass is 474 g/mol. The van der Waals surface area contributed by atoms with Crippen LogP contribution in [0, 0.1) is 0 Å². The summed E-state index contributed by atoms with van der Waals surface area (Å²) in [5.74, 6) is 1.61. The van der Waals surface area contributed by atoms with Crippen molar-refractivity contribution in [3.63, 3.8) is 0 Å². The number of imidazole rings is 1. The first-order chi connectivity index (χ1) is 17.1. The summed E-state index contributed by atoms with van der Waals surface area (Å²) >= 11 is 0. The number of carbonyl (C=O) groups excluding carboxylic acids is 1. The molecule has 1 N–H and O–H groups in total. The lowest BCUT2D eigenvalue weighted by Crippen LogP contribution is -2.45. The van der Waals surface area contributed by atoms with E-state index in [2.05, 4.69) is 21.3 Å². The number of ether oxygens (including phenoxy) is 2. The molecule has 1 aliphatic heterocycles. The van der Waals surface area contributed by atoms with E-state index in [-0.39, 0.29) is 11.9 Å². The van der Waals surface area contributed by atoms with Crippen molar-refractivity contribution in [3.8, 4) is 17.2 Å². The molecule has 2 aromatic carbocycles. The van der Waals surface area contributed by atoms with Gasteiger partial charge in [-0.3, -0.25) is 4.79 Å². The van der Waals surface area contributed by atoms with E-state index < -0.39 is 0 Å². The standard InChI is InChI=1S/C28H34N4O3/c1-34-26-11-8-23(20-27(26)35-2)12-16-31-17-13-24(14-18-31)30-28(33)5-3-4-22-6-9-25(10-7-22)32-19-15-29-21-32/h3-4,6-11,15,19-21,24H,5,12-14,16-18H2,1-2H3,(H,30,33)/b4-3+. The molecule has 1 aromatic heterocycles. The summed E-state index contributed by atoms with van der Waals surface area (Å²) in [5, 5.41) is 3.20. The molecule has 0 saturated carbocycles. The van der Waals surface area contributed by atoms with Gasteiger partial charge < -0.3 is 24.3 Å². The van der Waals surface area contributed by atoms with E-state index in [0.29, 0.717) is 6.42 Å². The molecule has 1 aliphatic rings. The Morgan fingerprint density at radius 2 is 1.86 bits per heavy atom. The van der Waals surface area contributed by atoms with Gasteiger partial charge in [0.15, 0.2) is 11.5 Å². The molecule has 184 valence electrons. The summed E-state index contributed by atoms with van der Waals surface area (Å²) in [6.45, 7) is 2.99. The summed E-state index contributed by atoms with van der Waals surface area (Å²) < 4.78 is 12.7. The minimum absolute atomic E-state index is 0.0834. The van der Waals surface area contributed by atoms with Crippen LogP contribution in [0.15, 0.2) is 67.3 Å². The van der Waals surface area contributed by atoms with Crippen molar-refractivity contribution >= 4 is 12.0 Å². The van der Waals surface area contributed by atoms with Gasteiger partial charge in [-0.2, -0.15) is 0 Å². The van der Waals surface area contributed by atoms with Gasteiger partial charge in [0.2, 0.25) is 5.91 Å². The number of carbonyl (C=O) groups is 1. The highest BCUT2D eigenvalue weighted by Gasteiger charge is 2.20. The second kappa shape index (κ2) is 12.2. The second-order valence-corrected chi connectivity index (χ2v) is 8.79. The van der Waals surface area contributed by atoms with Crippen LogP contribution < -0.4 is 14.8 Å². The first-order valence-electron chi connectivity index (χ1n) is 12.1. The molecule has 0 aliphatic carbocycles. The first-order valence-corrected chi connectivity index (χ1v) is 12.1. The Morgan fingerprint density at radius 1 is 1.09 bits per heavy atom. The maximum absolute atomic E-state index is 12.4. The van der Waals surface area contributed by atoms with Crippen molar-refractivity contribution in [2.24, 2.45) is 0 Å². The molecule has 1 saturated heterocycles. The average Bonchev–Trinajstić information content (AvgIpc) is 3.43. The zero-order valence-corrected chi connectivity index (χ0v) is 20.5. The zero-order chi connectivity index (χ0) is 24.5. The summed E-state index contributed by atoms with van der Waals surface area (Å²) in [6.07, 6.45) is 12.7. The Kier molecular flexibility index (Phi) is 8.57. The third-order valence-corrected chi connectivity index (χ3v) is 6.43. The Balaban J connectivity index is 1.15. The third-order valence-electron chi connectivity index (χ3n) is 6.43. The number of piperidine rings is 1. The predicted molar refractivity (Wildman–Crippen MR) is 138 cm³/mol. The normalized spacial score (nSPS) is 14.8. The van der Waals surface area contributed by atoms with Crippen LogP contribution in [0.5, 0.6) is 11.5 Å². The van der Waals surface area contributed by atoms with Crippen molar-refractivity contribution < 1.29 is 14.3 Å². The van der Waals surface area contributed by atoms with Gasteiger partial charge >= 0.3 is 0 Å². The van der Waals surface area contributed by atoms with Crippen molar-refractivity contribution in [1.29, 1.82) is 0 Å². The first kappa shape index (κ1) is 24.5. The molecule has 4 rings (SSSR count). The SMILES string of the molecule is COc1ccc(CCN2CCC(NC(=O)C/C=C/c3ccc(-n4ccnc4)cc3)CC2)cc1OC. The van der Waals surface area contributed by atoms with E-state index in [4.69, 9.17) is 9.47 Å². The summed E-state index contributed by atoms with van der Waals surface area (Å²) in [7, 11) is 3.32. The number of nitrogens with zero attached hydrogens (tertiary/aromatic N) is 3. The fourth-order valence-corrected chi connectivity index (χ4v) is 4.38. The number of benzene rings is 2. The molecule has 0 bridgehead atoms. The highest BCUT2D eigenvalue weighted by molar-refractivity contribution is 5.78. The Labute approximate surface area is 207 Å². The van der Waals surface area contributed by atoms with Crippen molar-refractivity contribution in [1.82, 2.24) is 19.8 Å². The van der Waals surface area contributed by atoms with Gasteiger partial charge in [-0.1, -0.05) is 30.4 Å². The molecule has 1 fully saturated rings. The number of hydrogen-bond acceptors (Lipinski definition) is 5. The van der Waals surface area contributed by atoms with Crippen LogP contribution in [0.25, 0.3) is 11.8 Å². The van der Waals surface area contributed by atoms with Gasteiger partial charge in [-0.25, -0.2) is 4.98 Å². The highest BCUT2D eigenvalue weighted by Crippen LogP contribution is 2.27. The van der Waals surface area contributed by atoms with Gasteiger partial charge in [0.25, 0.3) is 0 Å². The van der Waals surface area contributed by atoms with Crippen LogP contribution in [0.4, 0.5) is 0 Å². The quantitative estimate of drug-likeness (QED) is 0.479. The van der Waals surface area contributed by atoms with Gasteiger partial charge in [0.1, 0.15) is 0 Å². The number of methoxy groups -OCH3 is 2. The molecule has 1 amide bonds. The van der Waals surface area contributed by atoms with Crippen LogP contribution in [0.2, 0.25) is 0 Å². The molecule has 3 aromatic rings. The van der Waals surface area contributed by atoms with Crippen LogP contribution in [-0.4, -0.2) is 60.3 Å². The van der Waals surface area contributed by atoms with E-state index >= 15 is 0 Å². The third kappa shape index (κ3) is 6.96. The second-order valence-electron chi connectivity index (χ2n) is 8.79. The molecule has 35 heavy (non-hydrogen) atoms. The maximum atomic E-state index is 12.4. The number of nitrogens with one attached hydrogen (secondary N) is 1. The van der Waals surface area contributed by atoms with Gasteiger partial charge in [0.05, 0.1) is 20.5 Å². The number of hydrogen-bond donors (Lipinski definition) is 1. The summed E-state index contributed by atoms with van der Waals surface area (Å²) in [6, 6.07) is 14.5. The maximum Gasteiger partial charge on any atom is 0.224 e.